The highest BCUT2D eigenvalue weighted by Crippen LogP contribution is 2.21. The van der Waals surface area contributed by atoms with Crippen molar-refractivity contribution in [1.29, 1.82) is 0 Å². The first-order valence-electron chi connectivity index (χ1n) is 4.22. The molecule has 0 unspecified atom stereocenters. The van der Waals surface area contributed by atoms with Gasteiger partial charge in [-0.1, -0.05) is 12.1 Å². The fourth-order valence-corrected chi connectivity index (χ4v) is 1.35. The van der Waals surface area contributed by atoms with Gasteiger partial charge in [0.05, 0.1) is 12.3 Å². The number of nitrogens with zero attached hydrogens (tertiary/aromatic N) is 1. The molecule has 72 valence electrons. The summed E-state index contributed by atoms with van der Waals surface area (Å²) in [6.45, 7) is 2.66. The van der Waals surface area contributed by atoms with E-state index < -0.39 is 0 Å². The molecule has 0 saturated carbocycles. The molecule has 0 fully saturated rings. The molecule has 0 radical (unpaired) electrons. The molecule has 13 heavy (non-hydrogen) atoms. The minimum Gasteiger partial charge on any atom is -0.380 e. The van der Waals surface area contributed by atoms with E-state index in [1.54, 1.807) is 12.1 Å². The van der Waals surface area contributed by atoms with Crippen molar-refractivity contribution in [2.75, 3.05) is 19.2 Å². The molecule has 2 N–H and O–H groups in total. The predicted octanol–water partition coefficient (Wildman–Crippen LogP) is 1.45. The monoisotopic (exact) mass is 180 g/mol. The van der Waals surface area contributed by atoms with Gasteiger partial charge in [-0.15, -0.1) is 0 Å². The summed E-state index contributed by atoms with van der Waals surface area (Å²) in [6.07, 6.45) is 0. The third-order valence-corrected chi connectivity index (χ3v) is 2.05. The molecule has 1 aromatic carbocycles. The molecule has 1 aromatic rings. The summed E-state index contributed by atoms with van der Waals surface area (Å²) in [6, 6.07) is 6.04. The number of anilines is 1. The van der Waals surface area contributed by atoms with Crippen LogP contribution in [0, 0.1) is 6.92 Å². The fraction of sp³-hybridized carbons (Fsp3) is 0.400. The van der Waals surface area contributed by atoms with Crippen molar-refractivity contribution in [3.8, 4) is 0 Å². The molecule has 1 rings (SSSR count). The number of benzene rings is 1. The number of hydrazine groups is 1. The number of rotatable bonds is 3. The van der Waals surface area contributed by atoms with Crippen LogP contribution in [0.3, 0.4) is 0 Å². The third-order valence-electron chi connectivity index (χ3n) is 2.05. The van der Waals surface area contributed by atoms with E-state index in [1.165, 1.54) is 5.56 Å². The Hall–Kier alpha value is -1.06. The standard InChI is InChI=1S/C10H16N2O/c1-8-5-4-6-10(12(2)11)9(8)7-13-3/h4-6H,7,11H2,1-3H3. The van der Waals surface area contributed by atoms with Gasteiger partial charge < -0.3 is 9.75 Å². The summed E-state index contributed by atoms with van der Waals surface area (Å²) in [5.41, 5.74) is 3.37. The Morgan fingerprint density at radius 3 is 2.69 bits per heavy atom. The van der Waals surface area contributed by atoms with Crippen molar-refractivity contribution in [3.05, 3.63) is 29.3 Å². The van der Waals surface area contributed by atoms with E-state index >= 15 is 0 Å². The lowest BCUT2D eigenvalue weighted by molar-refractivity contribution is 0.184. The van der Waals surface area contributed by atoms with Gasteiger partial charge in [0.2, 0.25) is 0 Å². The second-order valence-electron chi connectivity index (χ2n) is 3.12. The molecule has 0 aliphatic carbocycles. The number of aryl methyl sites for hydroxylation is 1. The molecule has 0 aromatic heterocycles. The van der Waals surface area contributed by atoms with Crippen LogP contribution in [0.1, 0.15) is 11.1 Å². The van der Waals surface area contributed by atoms with Crippen LogP contribution in [-0.4, -0.2) is 14.2 Å². The van der Waals surface area contributed by atoms with Crippen LogP contribution in [-0.2, 0) is 11.3 Å². The highest BCUT2D eigenvalue weighted by Gasteiger charge is 2.06. The van der Waals surface area contributed by atoms with E-state index in [0.29, 0.717) is 6.61 Å². The molecule has 3 nitrogen and oxygen atoms in total. The normalized spacial score (nSPS) is 10.2. The van der Waals surface area contributed by atoms with Gasteiger partial charge in [-0.25, -0.2) is 5.84 Å². The summed E-state index contributed by atoms with van der Waals surface area (Å²) in [5, 5.41) is 1.61. The van der Waals surface area contributed by atoms with Crippen molar-refractivity contribution in [1.82, 2.24) is 0 Å². The zero-order valence-electron chi connectivity index (χ0n) is 8.37. The quantitative estimate of drug-likeness (QED) is 0.565. The number of nitrogens with two attached hydrogens (primary N) is 1. The molecule has 0 aliphatic rings. The Bertz CT molecular complexity index is 284. The summed E-state index contributed by atoms with van der Waals surface area (Å²) in [5.74, 6) is 5.69. The molecule has 0 bridgehead atoms. The van der Waals surface area contributed by atoms with Gasteiger partial charge in [0, 0.05) is 19.7 Å². The molecule has 0 heterocycles. The zero-order valence-corrected chi connectivity index (χ0v) is 8.37. The van der Waals surface area contributed by atoms with Gasteiger partial charge >= 0.3 is 0 Å². The van der Waals surface area contributed by atoms with Crippen LogP contribution in [0.2, 0.25) is 0 Å². The van der Waals surface area contributed by atoms with Crippen molar-refractivity contribution >= 4 is 5.69 Å². The minimum atomic E-state index is 0.601. The number of hydrogen-bond acceptors (Lipinski definition) is 3. The van der Waals surface area contributed by atoms with E-state index in [4.69, 9.17) is 10.6 Å². The summed E-state index contributed by atoms with van der Waals surface area (Å²) >= 11 is 0. The van der Waals surface area contributed by atoms with Crippen LogP contribution < -0.4 is 10.9 Å². The lowest BCUT2D eigenvalue weighted by Gasteiger charge is -2.18. The number of methoxy groups -OCH3 is 1. The van der Waals surface area contributed by atoms with Gasteiger partial charge in [0.25, 0.3) is 0 Å². The van der Waals surface area contributed by atoms with Gasteiger partial charge in [-0.3, -0.25) is 0 Å². The van der Waals surface area contributed by atoms with Gasteiger partial charge in [0.1, 0.15) is 0 Å². The first-order chi connectivity index (χ1) is 6.16. The van der Waals surface area contributed by atoms with Crippen LogP contribution >= 0.6 is 0 Å². The summed E-state index contributed by atoms with van der Waals surface area (Å²) in [7, 11) is 3.51. The van der Waals surface area contributed by atoms with Crippen molar-refractivity contribution in [2.24, 2.45) is 5.84 Å². The smallest absolute Gasteiger partial charge is 0.0736 e. The van der Waals surface area contributed by atoms with E-state index in [0.717, 1.165) is 11.3 Å². The third kappa shape index (κ3) is 2.20. The Balaban J connectivity index is 3.09. The predicted molar refractivity (Wildman–Crippen MR) is 54.5 cm³/mol. The lowest BCUT2D eigenvalue weighted by Crippen LogP contribution is -2.26. The first kappa shape index (κ1) is 10.0. The van der Waals surface area contributed by atoms with Crippen molar-refractivity contribution in [3.63, 3.8) is 0 Å². The Kier molecular flexibility index (Phi) is 3.28. The Morgan fingerprint density at radius 2 is 2.15 bits per heavy atom. The topological polar surface area (TPSA) is 38.5 Å². The molecule has 0 amide bonds. The zero-order chi connectivity index (χ0) is 9.84. The first-order valence-corrected chi connectivity index (χ1v) is 4.22. The SMILES string of the molecule is COCc1c(C)cccc1N(C)N. The molecule has 0 atom stereocenters. The molecule has 3 heteroatoms. The van der Waals surface area contributed by atoms with E-state index in [9.17, 15) is 0 Å². The van der Waals surface area contributed by atoms with Crippen LogP contribution in [0.15, 0.2) is 18.2 Å². The second-order valence-corrected chi connectivity index (χ2v) is 3.12. The van der Waals surface area contributed by atoms with E-state index in [2.05, 4.69) is 13.0 Å². The number of ether oxygens (including phenoxy) is 1. The molecular weight excluding hydrogens is 164 g/mol. The average Bonchev–Trinajstić information content (AvgIpc) is 2.08. The molecular formula is C10H16N2O. The van der Waals surface area contributed by atoms with Gasteiger partial charge in [0.15, 0.2) is 0 Å². The number of hydrogen-bond donors (Lipinski definition) is 1. The van der Waals surface area contributed by atoms with E-state index in [1.807, 2.05) is 19.2 Å². The highest BCUT2D eigenvalue weighted by molar-refractivity contribution is 5.54. The van der Waals surface area contributed by atoms with Crippen molar-refractivity contribution in [2.45, 2.75) is 13.5 Å². The maximum absolute atomic E-state index is 5.69. The Morgan fingerprint density at radius 1 is 1.46 bits per heavy atom. The largest absolute Gasteiger partial charge is 0.380 e. The lowest BCUT2D eigenvalue weighted by atomic mass is 10.1. The van der Waals surface area contributed by atoms with E-state index in [-0.39, 0.29) is 0 Å². The van der Waals surface area contributed by atoms with Gasteiger partial charge in [-0.05, 0) is 18.6 Å². The second kappa shape index (κ2) is 4.25. The minimum absolute atomic E-state index is 0.601. The van der Waals surface area contributed by atoms with Gasteiger partial charge in [-0.2, -0.15) is 0 Å². The molecule has 0 spiro atoms. The van der Waals surface area contributed by atoms with Crippen LogP contribution in [0.5, 0.6) is 0 Å². The maximum atomic E-state index is 5.69. The maximum Gasteiger partial charge on any atom is 0.0736 e. The Labute approximate surface area is 79.1 Å². The highest BCUT2D eigenvalue weighted by atomic mass is 16.5. The van der Waals surface area contributed by atoms with Crippen LogP contribution in [0.25, 0.3) is 0 Å². The van der Waals surface area contributed by atoms with Crippen LogP contribution in [0.4, 0.5) is 5.69 Å². The molecule has 0 aliphatic heterocycles. The summed E-state index contributed by atoms with van der Waals surface area (Å²) < 4.78 is 5.12. The average molecular weight is 180 g/mol. The van der Waals surface area contributed by atoms with Crippen molar-refractivity contribution < 1.29 is 4.74 Å². The summed E-state index contributed by atoms with van der Waals surface area (Å²) in [4.78, 5) is 0. The molecule has 0 saturated heterocycles. The fourth-order valence-electron chi connectivity index (χ4n) is 1.35.